The van der Waals surface area contributed by atoms with Crippen LogP contribution in [0.3, 0.4) is 0 Å². The molecule has 1 atom stereocenters. The van der Waals surface area contributed by atoms with Gasteiger partial charge in [0, 0.05) is 19.5 Å². The van der Waals surface area contributed by atoms with Crippen LogP contribution in [-0.2, 0) is 16.1 Å². The van der Waals surface area contributed by atoms with Crippen LogP contribution in [0.15, 0.2) is 30.3 Å². The van der Waals surface area contributed by atoms with Gasteiger partial charge in [-0.2, -0.15) is 0 Å². The van der Waals surface area contributed by atoms with Gasteiger partial charge >= 0.3 is 0 Å². The first-order valence-electron chi connectivity index (χ1n) is 5.61. The summed E-state index contributed by atoms with van der Waals surface area (Å²) in [5.41, 5.74) is -0.803. The average Bonchev–Trinajstić information content (AvgIpc) is 2.60. The molecule has 0 aliphatic carbocycles. The molecule has 4 heteroatoms. The van der Waals surface area contributed by atoms with Gasteiger partial charge in [0.15, 0.2) is 5.78 Å². The van der Waals surface area contributed by atoms with Crippen molar-refractivity contribution in [1.29, 1.82) is 0 Å². The topological polar surface area (TPSA) is 57.6 Å². The van der Waals surface area contributed by atoms with E-state index in [-0.39, 0.29) is 6.42 Å². The Kier molecular flexibility index (Phi) is 2.98. The van der Waals surface area contributed by atoms with Gasteiger partial charge in [0.1, 0.15) is 0 Å². The van der Waals surface area contributed by atoms with Crippen molar-refractivity contribution < 1.29 is 14.7 Å². The maximum atomic E-state index is 11.9. The summed E-state index contributed by atoms with van der Waals surface area (Å²) in [5.74, 6) is -0.952. The number of Topliss-reactive ketones (excluding diaryl/α,β-unsaturated/α-hetero) is 1. The molecule has 0 spiro atoms. The lowest BCUT2D eigenvalue weighted by molar-refractivity contribution is -0.152. The van der Waals surface area contributed by atoms with Crippen LogP contribution in [0.5, 0.6) is 0 Å². The molecule has 1 aliphatic rings. The van der Waals surface area contributed by atoms with Crippen molar-refractivity contribution in [3.8, 4) is 0 Å². The predicted molar refractivity (Wildman–Crippen MR) is 62.1 cm³/mol. The smallest absolute Gasteiger partial charge is 0.262 e. The fourth-order valence-corrected chi connectivity index (χ4v) is 2.05. The largest absolute Gasteiger partial charge is 0.373 e. The molecule has 1 fully saturated rings. The van der Waals surface area contributed by atoms with Crippen LogP contribution >= 0.6 is 0 Å². The molecule has 4 nitrogen and oxygen atoms in total. The first-order chi connectivity index (χ1) is 8.04. The number of amides is 1. The SMILES string of the molecule is CC(=O)C1(O)CCN(Cc2ccccc2)C1=O. The molecule has 1 aliphatic heterocycles. The van der Waals surface area contributed by atoms with E-state index in [9.17, 15) is 14.7 Å². The molecular formula is C13H15NO3. The number of rotatable bonds is 3. The number of hydrogen-bond acceptors (Lipinski definition) is 3. The molecule has 1 aromatic rings. The number of carbonyl (C=O) groups excluding carboxylic acids is 2. The highest BCUT2D eigenvalue weighted by Crippen LogP contribution is 2.25. The summed E-state index contributed by atoms with van der Waals surface area (Å²) in [6.07, 6.45) is 0.188. The minimum Gasteiger partial charge on any atom is -0.373 e. The normalized spacial score (nSPS) is 24.1. The first-order valence-corrected chi connectivity index (χ1v) is 5.61. The number of nitrogens with zero attached hydrogens (tertiary/aromatic N) is 1. The summed E-state index contributed by atoms with van der Waals surface area (Å²) in [6.45, 7) is 2.11. The van der Waals surface area contributed by atoms with Crippen molar-refractivity contribution in [2.45, 2.75) is 25.5 Å². The van der Waals surface area contributed by atoms with Crippen LogP contribution in [0.2, 0.25) is 0 Å². The van der Waals surface area contributed by atoms with E-state index in [2.05, 4.69) is 0 Å². The molecule has 0 saturated carbocycles. The average molecular weight is 233 g/mol. The quantitative estimate of drug-likeness (QED) is 0.783. The second kappa shape index (κ2) is 4.30. The van der Waals surface area contributed by atoms with Crippen LogP contribution < -0.4 is 0 Å². The second-order valence-electron chi connectivity index (χ2n) is 4.38. The number of ketones is 1. The zero-order chi connectivity index (χ0) is 12.5. The Morgan fingerprint density at radius 2 is 2.06 bits per heavy atom. The van der Waals surface area contributed by atoms with Crippen LogP contribution in [0.4, 0.5) is 0 Å². The van der Waals surface area contributed by atoms with Crippen LogP contribution in [-0.4, -0.2) is 33.8 Å². The third-order valence-electron chi connectivity index (χ3n) is 3.18. The highest BCUT2D eigenvalue weighted by molar-refractivity contribution is 6.09. The number of likely N-dealkylation sites (tertiary alicyclic amines) is 1. The standard InChI is InChI=1S/C13H15NO3/c1-10(15)13(17)7-8-14(12(13)16)9-11-5-3-2-4-6-11/h2-6,17H,7-9H2,1H3. The Bertz CT molecular complexity index is 443. The molecule has 1 heterocycles. The zero-order valence-corrected chi connectivity index (χ0v) is 9.72. The molecule has 1 aromatic carbocycles. The molecule has 1 saturated heterocycles. The highest BCUT2D eigenvalue weighted by Gasteiger charge is 2.48. The summed E-state index contributed by atoms with van der Waals surface area (Å²) in [6, 6.07) is 9.53. The Morgan fingerprint density at radius 1 is 1.41 bits per heavy atom. The van der Waals surface area contributed by atoms with Gasteiger partial charge in [-0.3, -0.25) is 9.59 Å². The van der Waals surface area contributed by atoms with E-state index in [0.717, 1.165) is 5.56 Å². The van der Waals surface area contributed by atoms with Crippen molar-refractivity contribution in [3.63, 3.8) is 0 Å². The van der Waals surface area contributed by atoms with E-state index < -0.39 is 17.3 Å². The molecule has 2 rings (SSSR count). The van der Waals surface area contributed by atoms with Gasteiger partial charge in [-0.25, -0.2) is 0 Å². The molecule has 0 radical (unpaired) electrons. The van der Waals surface area contributed by atoms with Gasteiger partial charge in [0.2, 0.25) is 5.60 Å². The van der Waals surface area contributed by atoms with Crippen molar-refractivity contribution in [2.75, 3.05) is 6.54 Å². The van der Waals surface area contributed by atoms with Gasteiger partial charge < -0.3 is 10.0 Å². The third kappa shape index (κ3) is 2.08. The van der Waals surface area contributed by atoms with Crippen LogP contribution in [0.25, 0.3) is 0 Å². The lowest BCUT2D eigenvalue weighted by Gasteiger charge is -2.19. The van der Waals surface area contributed by atoms with Gasteiger partial charge in [0.25, 0.3) is 5.91 Å². The molecule has 1 amide bonds. The Hall–Kier alpha value is -1.68. The van der Waals surface area contributed by atoms with E-state index in [1.807, 2.05) is 30.3 Å². The number of hydrogen-bond donors (Lipinski definition) is 1. The van der Waals surface area contributed by atoms with Crippen molar-refractivity contribution in [3.05, 3.63) is 35.9 Å². The number of aliphatic hydroxyl groups is 1. The van der Waals surface area contributed by atoms with Crippen molar-refractivity contribution in [2.24, 2.45) is 0 Å². The summed E-state index contributed by atoms with van der Waals surface area (Å²) in [4.78, 5) is 24.7. The maximum Gasteiger partial charge on any atom is 0.262 e. The summed E-state index contributed by atoms with van der Waals surface area (Å²) in [7, 11) is 0. The van der Waals surface area contributed by atoms with E-state index in [1.165, 1.54) is 11.8 Å². The van der Waals surface area contributed by atoms with Crippen LogP contribution in [0.1, 0.15) is 18.9 Å². The maximum absolute atomic E-state index is 11.9. The van der Waals surface area contributed by atoms with E-state index in [4.69, 9.17) is 0 Å². The Morgan fingerprint density at radius 3 is 2.59 bits per heavy atom. The minimum atomic E-state index is -1.80. The number of benzene rings is 1. The van der Waals surface area contributed by atoms with E-state index in [1.54, 1.807) is 0 Å². The van der Waals surface area contributed by atoms with Gasteiger partial charge in [-0.05, 0) is 12.5 Å². The van der Waals surface area contributed by atoms with Gasteiger partial charge in [-0.1, -0.05) is 30.3 Å². The monoisotopic (exact) mass is 233 g/mol. The zero-order valence-electron chi connectivity index (χ0n) is 9.72. The van der Waals surface area contributed by atoms with E-state index in [0.29, 0.717) is 13.1 Å². The fourth-order valence-electron chi connectivity index (χ4n) is 2.05. The number of carbonyl (C=O) groups is 2. The van der Waals surface area contributed by atoms with Gasteiger partial charge in [0.05, 0.1) is 0 Å². The molecular weight excluding hydrogens is 218 g/mol. The molecule has 0 aromatic heterocycles. The van der Waals surface area contributed by atoms with Gasteiger partial charge in [-0.15, -0.1) is 0 Å². The van der Waals surface area contributed by atoms with Crippen molar-refractivity contribution >= 4 is 11.7 Å². The lowest BCUT2D eigenvalue weighted by Crippen LogP contribution is -2.45. The first kappa shape index (κ1) is 11.8. The molecule has 0 bridgehead atoms. The Balaban J connectivity index is 2.11. The molecule has 1 N–H and O–H groups in total. The lowest BCUT2D eigenvalue weighted by atomic mass is 9.98. The summed E-state index contributed by atoms with van der Waals surface area (Å²) in [5, 5.41) is 9.94. The fraction of sp³-hybridized carbons (Fsp3) is 0.385. The highest BCUT2D eigenvalue weighted by atomic mass is 16.3. The second-order valence-corrected chi connectivity index (χ2v) is 4.38. The summed E-state index contributed by atoms with van der Waals surface area (Å²) >= 11 is 0. The van der Waals surface area contributed by atoms with Crippen LogP contribution in [0, 0.1) is 0 Å². The molecule has 1 unspecified atom stereocenters. The predicted octanol–water partition coefficient (Wildman–Crippen LogP) is 0.739. The summed E-state index contributed by atoms with van der Waals surface area (Å²) < 4.78 is 0. The third-order valence-corrected chi connectivity index (χ3v) is 3.18. The molecule has 90 valence electrons. The van der Waals surface area contributed by atoms with E-state index >= 15 is 0 Å². The minimum absolute atomic E-state index is 0.188. The molecule has 17 heavy (non-hydrogen) atoms. The van der Waals surface area contributed by atoms with Crippen molar-refractivity contribution in [1.82, 2.24) is 4.90 Å². The Labute approximate surface area is 99.9 Å².